The van der Waals surface area contributed by atoms with E-state index in [9.17, 15) is 9.18 Å². The Morgan fingerprint density at radius 3 is 2.89 bits per heavy atom. The lowest BCUT2D eigenvalue weighted by molar-refractivity contribution is 0.0695. The van der Waals surface area contributed by atoms with Crippen LogP contribution in [0.15, 0.2) is 21.5 Å². The Bertz CT molecular complexity index is 481. The summed E-state index contributed by atoms with van der Waals surface area (Å²) in [6.07, 6.45) is 0.969. The van der Waals surface area contributed by atoms with E-state index in [-0.39, 0.29) is 21.4 Å². The van der Waals surface area contributed by atoms with Gasteiger partial charge in [-0.15, -0.1) is 11.8 Å². The normalized spacial score (nSPS) is 23.3. The van der Waals surface area contributed by atoms with Crippen molar-refractivity contribution >= 4 is 33.7 Å². The summed E-state index contributed by atoms with van der Waals surface area (Å²) in [4.78, 5) is 11.3. The quantitative estimate of drug-likeness (QED) is 0.918. The molecule has 0 spiro atoms. The highest BCUT2D eigenvalue weighted by atomic mass is 79.9. The van der Waals surface area contributed by atoms with Gasteiger partial charge < -0.3 is 9.84 Å². The van der Waals surface area contributed by atoms with Crippen molar-refractivity contribution in [1.82, 2.24) is 0 Å². The lowest BCUT2D eigenvalue weighted by Gasteiger charge is -2.14. The summed E-state index contributed by atoms with van der Waals surface area (Å²) in [6, 6.07) is 2.93. The van der Waals surface area contributed by atoms with Crippen LogP contribution in [0, 0.1) is 5.82 Å². The third-order valence-corrected chi connectivity index (χ3v) is 5.13. The molecule has 1 aliphatic heterocycles. The number of carbonyl (C=O) groups is 1. The zero-order valence-electron chi connectivity index (χ0n) is 9.65. The van der Waals surface area contributed by atoms with E-state index in [1.807, 2.05) is 6.92 Å². The molecule has 6 heteroatoms. The van der Waals surface area contributed by atoms with Crippen molar-refractivity contribution in [1.29, 1.82) is 0 Å². The second-order valence-corrected chi connectivity index (χ2v) is 6.14. The molecule has 3 nitrogen and oxygen atoms in total. The molecule has 18 heavy (non-hydrogen) atoms. The summed E-state index contributed by atoms with van der Waals surface area (Å²) >= 11 is 4.39. The van der Waals surface area contributed by atoms with Gasteiger partial charge in [-0.05, 0) is 41.4 Å². The van der Waals surface area contributed by atoms with Gasteiger partial charge in [0, 0.05) is 16.8 Å². The van der Waals surface area contributed by atoms with Crippen molar-refractivity contribution in [2.45, 2.75) is 29.6 Å². The summed E-state index contributed by atoms with van der Waals surface area (Å²) in [5.74, 6) is -1.66. The maximum absolute atomic E-state index is 14.0. The number of benzene rings is 1. The van der Waals surface area contributed by atoms with Gasteiger partial charge in [0.1, 0.15) is 0 Å². The van der Waals surface area contributed by atoms with Crippen LogP contribution in [-0.2, 0) is 4.74 Å². The topological polar surface area (TPSA) is 46.5 Å². The lowest BCUT2D eigenvalue weighted by atomic mass is 10.2. The first-order valence-electron chi connectivity index (χ1n) is 5.50. The van der Waals surface area contributed by atoms with Gasteiger partial charge in [-0.2, -0.15) is 0 Å². The number of carboxylic acids is 1. The van der Waals surface area contributed by atoms with E-state index in [4.69, 9.17) is 9.84 Å². The Morgan fingerprint density at radius 2 is 2.33 bits per heavy atom. The maximum Gasteiger partial charge on any atom is 0.336 e. The van der Waals surface area contributed by atoms with E-state index in [1.54, 1.807) is 0 Å². The Balaban J connectivity index is 2.24. The monoisotopic (exact) mass is 334 g/mol. The highest BCUT2D eigenvalue weighted by Crippen LogP contribution is 2.36. The fourth-order valence-electron chi connectivity index (χ4n) is 1.82. The van der Waals surface area contributed by atoms with Crippen molar-refractivity contribution in [3.05, 3.63) is 28.0 Å². The fraction of sp³-hybridized carbons (Fsp3) is 0.417. The fourth-order valence-corrected chi connectivity index (χ4v) is 3.63. The van der Waals surface area contributed by atoms with Gasteiger partial charge >= 0.3 is 5.97 Å². The predicted octanol–water partition coefficient (Wildman–Crippen LogP) is 3.56. The first-order valence-corrected chi connectivity index (χ1v) is 7.17. The average Bonchev–Trinajstić information content (AvgIpc) is 2.70. The van der Waals surface area contributed by atoms with Crippen LogP contribution in [0.2, 0.25) is 0 Å². The van der Waals surface area contributed by atoms with Gasteiger partial charge in [-0.3, -0.25) is 0 Å². The van der Waals surface area contributed by atoms with E-state index in [0.29, 0.717) is 11.5 Å². The minimum atomic E-state index is -1.14. The van der Waals surface area contributed by atoms with E-state index >= 15 is 0 Å². The molecule has 1 aromatic rings. The van der Waals surface area contributed by atoms with Crippen LogP contribution in [-0.4, -0.2) is 29.0 Å². The van der Waals surface area contributed by atoms with Crippen molar-refractivity contribution in [2.75, 3.05) is 6.61 Å². The lowest BCUT2D eigenvalue weighted by Crippen LogP contribution is -2.13. The van der Waals surface area contributed by atoms with E-state index in [0.717, 1.165) is 6.42 Å². The standard InChI is InChI=1S/C12H12BrFO3S/c1-6-8(4-5-17-6)18-9-3-2-7(12(15)16)10(13)11(9)14/h2-3,6,8H,4-5H2,1H3,(H,15,16). The van der Waals surface area contributed by atoms with Crippen LogP contribution in [0.25, 0.3) is 0 Å². The number of aromatic carboxylic acids is 1. The van der Waals surface area contributed by atoms with E-state index < -0.39 is 11.8 Å². The summed E-state index contributed by atoms with van der Waals surface area (Å²) in [5.41, 5.74) is -0.0624. The second kappa shape index (κ2) is 5.59. The first kappa shape index (κ1) is 13.8. The molecule has 0 radical (unpaired) electrons. The van der Waals surface area contributed by atoms with Crippen molar-refractivity contribution < 1.29 is 19.0 Å². The molecule has 0 aliphatic carbocycles. The highest BCUT2D eigenvalue weighted by Gasteiger charge is 2.27. The van der Waals surface area contributed by atoms with E-state index in [2.05, 4.69) is 15.9 Å². The van der Waals surface area contributed by atoms with Crippen LogP contribution in [0.4, 0.5) is 4.39 Å². The smallest absolute Gasteiger partial charge is 0.336 e. The summed E-state index contributed by atoms with van der Waals surface area (Å²) in [5, 5.41) is 9.09. The molecule has 0 saturated carbocycles. The average molecular weight is 335 g/mol. The van der Waals surface area contributed by atoms with Crippen LogP contribution in [0.1, 0.15) is 23.7 Å². The number of thioether (sulfide) groups is 1. The molecule has 1 aliphatic rings. The van der Waals surface area contributed by atoms with Crippen LogP contribution < -0.4 is 0 Å². The Kier molecular flexibility index (Phi) is 4.29. The zero-order chi connectivity index (χ0) is 13.3. The molecule has 2 rings (SSSR count). The molecule has 1 saturated heterocycles. The molecule has 1 aromatic carbocycles. The minimum absolute atomic E-state index is 0.00608. The number of hydrogen-bond acceptors (Lipinski definition) is 3. The van der Waals surface area contributed by atoms with Gasteiger partial charge in [-0.1, -0.05) is 0 Å². The SMILES string of the molecule is CC1OCCC1Sc1ccc(C(=O)O)c(Br)c1F. The van der Waals surface area contributed by atoms with Gasteiger partial charge in [0.2, 0.25) is 0 Å². The molecular weight excluding hydrogens is 323 g/mol. The first-order chi connectivity index (χ1) is 8.50. The van der Waals surface area contributed by atoms with Crippen molar-refractivity contribution in [3.8, 4) is 0 Å². The number of hydrogen-bond donors (Lipinski definition) is 1. The Hall–Kier alpha value is -0.590. The highest BCUT2D eigenvalue weighted by molar-refractivity contribution is 9.10. The van der Waals surface area contributed by atoms with Crippen LogP contribution in [0.5, 0.6) is 0 Å². The number of rotatable bonds is 3. The maximum atomic E-state index is 14.0. The molecule has 1 fully saturated rings. The summed E-state index contributed by atoms with van der Waals surface area (Å²) in [7, 11) is 0. The Morgan fingerprint density at radius 1 is 1.61 bits per heavy atom. The summed E-state index contributed by atoms with van der Waals surface area (Å²) in [6.45, 7) is 2.65. The number of ether oxygens (including phenoxy) is 1. The van der Waals surface area contributed by atoms with Gasteiger partial charge in [0.05, 0.1) is 16.1 Å². The van der Waals surface area contributed by atoms with Crippen LogP contribution in [0.3, 0.4) is 0 Å². The molecule has 0 bridgehead atoms. The van der Waals surface area contributed by atoms with Crippen molar-refractivity contribution in [2.24, 2.45) is 0 Å². The molecule has 1 N–H and O–H groups in total. The zero-order valence-corrected chi connectivity index (χ0v) is 12.1. The third-order valence-electron chi connectivity index (χ3n) is 2.86. The molecule has 2 unspecified atom stereocenters. The summed E-state index contributed by atoms with van der Waals surface area (Å²) < 4.78 is 19.5. The number of carboxylic acid groups (broad SMARTS) is 1. The van der Waals surface area contributed by atoms with Crippen LogP contribution >= 0.6 is 27.7 Å². The molecule has 0 amide bonds. The van der Waals surface area contributed by atoms with E-state index in [1.165, 1.54) is 23.9 Å². The predicted molar refractivity (Wildman–Crippen MR) is 70.7 cm³/mol. The number of halogens is 2. The molecular formula is C12H12BrFO3S. The third kappa shape index (κ3) is 2.70. The second-order valence-electron chi connectivity index (χ2n) is 4.07. The molecule has 0 aromatic heterocycles. The minimum Gasteiger partial charge on any atom is -0.478 e. The van der Waals surface area contributed by atoms with Gasteiger partial charge in [0.25, 0.3) is 0 Å². The van der Waals surface area contributed by atoms with Gasteiger partial charge in [0.15, 0.2) is 5.82 Å². The molecule has 1 heterocycles. The molecule has 98 valence electrons. The largest absolute Gasteiger partial charge is 0.478 e. The van der Waals surface area contributed by atoms with Gasteiger partial charge in [-0.25, -0.2) is 9.18 Å². The Labute approximate surface area is 117 Å². The van der Waals surface area contributed by atoms with Crippen molar-refractivity contribution in [3.63, 3.8) is 0 Å². The molecule has 2 atom stereocenters.